The Labute approximate surface area is 217 Å². The quantitative estimate of drug-likeness (QED) is 0.428. The lowest BCUT2D eigenvalue weighted by Crippen LogP contribution is -2.55. The average molecular weight is 469 g/mol. The summed E-state index contributed by atoms with van der Waals surface area (Å²) in [6.07, 6.45) is 5.02. The molecule has 0 bridgehead atoms. The van der Waals surface area contributed by atoms with Crippen LogP contribution in [-0.2, 0) is 6.42 Å². The number of aromatic nitrogens is 3. The van der Waals surface area contributed by atoms with Crippen molar-refractivity contribution in [2.24, 2.45) is 0 Å². The van der Waals surface area contributed by atoms with Gasteiger partial charge in [-0.15, -0.1) is 10.2 Å². The van der Waals surface area contributed by atoms with E-state index in [2.05, 4.69) is 10.4 Å². The number of aryl methyl sites for hydroxylation is 1. The van der Waals surface area contributed by atoms with Crippen molar-refractivity contribution in [2.45, 2.75) is 47.6 Å². The van der Waals surface area contributed by atoms with Crippen LogP contribution in [0.15, 0.2) is 41.5 Å². The summed E-state index contributed by atoms with van der Waals surface area (Å²) in [6.45, 7) is 0. The number of fused-ring (bicyclic) bond motifs is 1. The average Bonchev–Trinajstić information content (AvgIpc) is 3.55. The molecule has 2 N–H and O–H groups in total. The fourth-order valence-electron chi connectivity index (χ4n) is 4.08. The lowest BCUT2D eigenvalue weighted by Gasteiger charge is -2.52. The van der Waals surface area contributed by atoms with E-state index in [4.69, 9.17) is 51.8 Å². The first kappa shape index (κ1) is 26.3. The highest BCUT2D eigenvalue weighted by atomic mass is 16.5. The molecule has 170 valence electrons. The number of nitrogens with one attached hydrogen (secondary N) is 1. The molecule has 3 aromatic heterocycles. The van der Waals surface area contributed by atoms with Gasteiger partial charge in [0.25, 0.3) is 11.5 Å². The highest BCUT2D eigenvalue weighted by molar-refractivity contribution is 6.65. The number of hydrogen-bond acceptors (Lipinski definition) is 5. The van der Waals surface area contributed by atoms with Crippen LogP contribution in [0.3, 0.4) is 0 Å². The molecule has 0 aliphatic heterocycles. The lowest BCUT2D eigenvalue weighted by atomic mass is 9.22. The Bertz CT molecular complexity index is 1340. The van der Waals surface area contributed by atoms with Gasteiger partial charge in [-0.25, -0.2) is 4.52 Å². The Balaban J connectivity index is 1.59. The van der Waals surface area contributed by atoms with Crippen LogP contribution in [0.5, 0.6) is 5.75 Å². The molecule has 36 heavy (non-hydrogen) atoms. The van der Waals surface area contributed by atoms with Crippen molar-refractivity contribution in [1.29, 1.82) is 0 Å². The molecule has 0 unspecified atom stereocenters. The maximum Gasteiger partial charge on any atom is 0.263 e. The lowest BCUT2D eigenvalue weighted by molar-refractivity contribution is 0.0329. The number of carbonyl (C=O) groups excluding carboxylic acids is 1. The molecule has 4 rings (SSSR count). The number of aliphatic hydroxyl groups is 1. The molecule has 0 aromatic carbocycles. The van der Waals surface area contributed by atoms with Crippen LogP contribution >= 0.6 is 0 Å². The normalized spacial score (nSPS) is 14.6. The van der Waals surface area contributed by atoms with Crippen LogP contribution in [-0.4, -0.2) is 85.0 Å². The third-order valence-electron chi connectivity index (χ3n) is 6.42. The first-order chi connectivity index (χ1) is 16.7. The summed E-state index contributed by atoms with van der Waals surface area (Å²) in [6, 6.07) is 6.65. The topological polar surface area (TPSA) is 97.9 Å². The number of ether oxygens (including phenoxy) is 1. The Morgan fingerprint density at radius 1 is 1.19 bits per heavy atom. The van der Waals surface area contributed by atoms with E-state index in [-0.39, 0.29) is 30.0 Å². The van der Waals surface area contributed by atoms with Crippen molar-refractivity contribution in [3.05, 3.63) is 58.3 Å². The van der Waals surface area contributed by atoms with Gasteiger partial charge in [0.05, 0.1) is 77.3 Å². The van der Waals surface area contributed by atoms with Gasteiger partial charge in [-0.1, -0.05) is 0 Å². The minimum absolute atomic E-state index is 0.0301. The number of anilines is 1. The van der Waals surface area contributed by atoms with Gasteiger partial charge in [0, 0.05) is 17.8 Å². The summed E-state index contributed by atoms with van der Waals surface area (Å²) in [4.78, 5) is 25.7. The summed E-state index contributed by atoms with van der Waals surface area (Å²) in [5.41, 5.74) is -1.11. The van der Waals surface area contributed by atoms with Crippen LogP contribution in [0.1, 0.15) is 41.4 Å². The smallest absolute Gasteiger partial charge is 0.263 e. The van der Waals surface area contributed by atoms with Crippen molar-refractivity contribution < 1.29 is 14.6 Å². The van der Waals surface area contributed by atoms with Gasteiger partial charge in [0.15, 0.2) is 5.75 Å². The van der Waals surface area contributed by atoms with Crippen LogP contribution in [0.4, 0.5) is 5.69 Å². The van der Waals surface area contributed by atoms with E-state index in [1.165, 1.54) is 17.7 Å². The molecule has 14 heteroatoms. The fourth-order valence-corrected chi connectivity index (χ4v) is 4.08. The second-order valence-electron chi connectivity index (χ2n) is 9.31. The van der Waals surface area contributed by atoms with Crippen LogP contribution in [0, 0.1) is 0 Å². The first-order valence-corrected chi connectivity index (χ1v) is 11.3. The number of methoxy groups -OCH3 is 1. The van der Waals surface area contributed by atoms with Crippen LogP contribution in [0.2, 0.25) is 10.2 Å². The van der Waals surface area contributed by atoms with E-state index in [0.29, 0.717) is 22.6 Å². The number of pyridine rings is 2. The van der Waals surface area contributed by atoms with Crippen LogP contribution in [0.25, 0.3) is 5.52 Å². The minimum Gasteiger partial charge on any atom is -0.493 e. The van der Waals surface area contributed by atoms with Crippen molar-refractivity contribution >= 4 is 64.2 Å². The Kier molecular flexibility index (Phi) is 6.79. The fraction of sp³-hybridized carbons (Fsp3) is 0.409. The van der Waals surface area contributed by atoms with E-state index in [9.17, 15) is 14.7 Å². The van der Waals surface area contributed by atoms with Crippen LogP contribution < -0.4 is 15.6 Å². The Morgan fingerprint density at radius 3 is 2.44 bits per heavy atom. The van der Waals surface area contributed by atoms with Gasteiger partial charge in [0.1, 0.15) is 5.56 Å². The molecule has 1 fully saturated rings. The maximum absolute atomic E-state index is 12.9. The molecule has 8 nitrogen and oxygen atoms in total. The number of hydrogen-bond donors (Lipinski definition) is 2. The van der Waals surface area contributed by atoms with Gasteiger partial charge in [-0.05, 0) is 49.9 Å². The Hall–Kier alpha value is -2.74. The van der Waals surface area contributed by atoms with Crippen molar-refractivity contribution in [3.63, 3.8) is 0 Å². The number of rotatable bonds is 9. The zero-order valence-electron chi connectivity index (χ0n) is 19.8. The highest BCUT2D eigenvalue weighted by Crippen LogP contribution is 2.45. The largest absolute Gasteiger partial charge is 0.493 e. The summed E-state index contributed by atoms with van der Waals surface area (Å²) in [5.74, 6) is -0.243. The summed E-state index contributed by atoms with van der Waals surface area (Å²) < 4.78 is 8.51. The molecular weight excluding hydrogens is 449 g/mol. The molecule has 3 aromatic rings. The molecule has 1 aliphatic carbocycles. The summed E-state index contributed by atoms with van der Waals surface area (Å²) >= 11 is 0. The molecule has 0 saturated heterocycles. The van der Waals surface area contributed by atoms with E-state index in [0.717, 1.165) is 12.8 Å². The summed E-state index contributed by atoms with van der Waals surface area (Å²) in [5, 5.41) is 13.7. The van der Waals surface area contributed by atoms with Crippen molar-refractivity contribution in [1.82, 2.24) is 14.2 Å². The van der Waals surface area contributed by atoms with Gasteiger partial charge in [-0.3, -0.25) is 9.59 Å². The predicted molar refractivity (Wildman–Crippen MR) is 142 cm³/mol. The van der Waals surface area contributed by atoms with Gasteiger partial charge >= 0.3 is 0 Å². The third kappa shape index (κ3) is 4.92. The second kappa shape index (κ2) is 9.29. The second-order valence-corrected chi connectivity index (χ2v) is 9.31. The molecule has 1 amide bonds. The molecule has 3 heterocycles. The predicted octanol–water partition coefficient (Wildman–Crippen LogP) is -0.0861. The standard InChI is InChI=1S/C22H20B6N4O4/c1-36-17-11-32-14(9-12(30-32)6-7-20(35,21(23,24)25)22(26,27)28)10-16(17)29-18(33)15-3-2-8-31(19(15)34)13-4-5-13/h2-3,8-11,13,35H,4-7H2,1H3,(H,29,33). The van der Waals surface area contributed by atoms with Crippen molar-refractivity contribution in [2.75, 3.05) is 12.4 Å². The van der Waals surface area contributed by atoms with Crippen molar-refractivity contribution in [3.8, 4) is 5.75 Å². The summed E-state index contributed by atoms with van der Waals surface area (Å²) in [7, 11) is 35.6. The molecular formula is C22H20B6N4O4. The molecule has 0 spiro atoms. The van der Waals surface area contributed by atoms with E-state index >= 15 is 0 Å². The molecule has 12 radical (unpaired) electrons. The molecule has 1 saturated carbocycles. The van der Waals surface area contributed by atoms with E-state index < -0.39 is 21.7 Å². The molecule has 1 aliphatic rings. The number of nitrogens with zero attached hydrogens (tertiary/aromatic N) is 3. The Morgan fingerprint density at radius 2 is 1.86 bits per heavy atom. The zero-order chi connectivity index (χ0) is 26.5. The third-order valence-corrected chi connectivity index (χ3v) is 6.42. The van der Waals surface area contributed by atoms with E-state index in [1.54, 1.807) is 35.2 Å². The molecule has 0 atom stereocenters. The van der Waals surface area contributed by atoms with Gasteiger partial charge < -0.3 is 19.7 Å². The van der Waals surface area contributed by atoms with Gasteiger partial charge in [0.2, 0.25) is 0 Å². The maximum atomic E-state index is 12.9. The number of carbonyl (C=O) groups is 1. The van der Waals surface area contributed by atoms with Gasteiger partial charge in [-0.2, -0.15) is 5.10 Å². The SMILES string of the molecule is [B]C([B])([B])C(O)(CCc1cc2cc(NC(=O)c3cccn(C4CC4)c3=O)c(OC)cn2n1)C([B])([B])[B]. The first-order valence-electron chi connectivity index (χ1n) is 11.3. The monoisotopic (exact) mass is 470 g/mol. The van der Waals surface area contributed by atoms with E-state index in [1.807, 2.05) is 0 Å². The highest BCUT2D eigenvalue weighted by Gasteiger charge is 2.45. The zero-order valence-corrected chi connectivity index (χ0v) is 19.8. The minimum atomic E-state index is -2.23. The number of amides is 1.